The number of aliphatic imine (C=N–C) groups is 1. The van der Waals surface area contributed by atoms with Gasteiger partial charge in [0.05, 0.1) is 12.2 Å². The molecule has 0 aliphatic carbocycles. The third-order valence-electron chi connectivity index (χ3n) is 4.18. The van der Waals surface area contributed by atoms with Crippen LogP contribution in [-0.2, 0) is 39.4 Å². The van der Waals surface area contributed by atoms with Crippen molar-refractivity contribution in [1.29, 1.82) is 0 Å². The molecule has 0 bridgehead atoms. The van der Waals surface area contributed by atoms with E-state index in [0.29, 0.717) is 0 Å². The number of thiophene rings is 1. The fourth-order valence-corrected chi connectivity index (χ4v) is 3.76. The van der Waals surface area contributed by atoms with Crippen LogP contribution < -0.4 is 10.6 Å². The van der Waals surface area contributed by atoms with Crippen LogP contribution in [0.2, 0.25) is 0 Å². The average Bonchev–Trinajstić information content (AvgIpc) is 3.18. The maximum atomic E-state index is 4.63. The van der Waals surface area contributed by atoms with E-state index in [-0.39, 0.29) is 24.0 Å². The van der Waals surface area contributed by atoms with Crippen LogP contribution in [-0.4, -0.2) is 22.8 Å². The second-order valence-corrected chi connectivity index (χ2v) is 6.96. The summed E-state index contributed by atoms with van der Waals surface area (Å²) in [5, 5.41) is 11.5. The van der Waals surface area contributed by atoms with Crippen molar-refractivity contribution in [2.75, 3.05) is 7.05 Å². The fourth-order valence-electron chi connectivity index (χ4n) is 2.86. The van der Waals surface area contributed by atoms with E-state index >= 15 is 0 Å². The molecule has 0 unspecified atom stereocenters. The minimum absolute atomic E-state index is 0. The predicted octanol–water partition coefficient (Wildman–Crippen LogP) is 3.65. The van der Waals surface area contributed by atoms with Crippen molar-refractivity contribution in [3.63, 3.8) is 0 Å². The van der Waals surface area contributed by atoms with Crippen molar-refractivity contribution in [2.45, 2.75) is 53.1 Å². The Balaban J connectivity index is 0.00000312. The molecule has 140 valence electrons. The van der Waals surface area contributed by atoms with Crippen molar-refractivity contribution in [3.8, 4) is 0 Å². The molecule has 25 heavy (non-hydrogen) atoms. The zero-order valence-corrected chi connectivity index (χ0v) is 19.0. The summed E-state index contributed by atoms with van der Waals surface area (Å²) < 4.78 is 2.00. The predicted molar refractivity (Wildman–Crippen MR) is 118 cm³/mol. The molecule has 0 saturated heterocycles. The van der Waals surface area contributed by atoms with Crippen LogP contribution in [0.15, 0.2) is 17.1 Å². The lowest BCUT2D eigenvalue weighted by Crippen LogP contribution is -2.36. The first-order valence-electron chi connectivity index (χ1n) is 8.68. The van der Waals surface area contributed by atoms with Gasteiger partial charge in [0, 0.05) is 41.7 Å². The number of halogens is 1. The molecule has 2 aromatic rings. The number of nitrogens with zero attached hydrogens (tertiary/aromatic N) is 3. The summed E-state index contributed by atoms with van der Waals surface area (Å²) >= 11 is 1.86. The molecule has 2 aromatic heterocycles. The molecular formula is C18H30IN5S. The van der Waals surface area contributed by atoms with E-state index < -0.39 is 0 Å². The molecule has 2 N–H and O–H groups in total. The van der Waals surface area contributed by atoms with Crippen molar-refractivity contribution in [2.24, 2.45) is 12.0 Å². The van der Waals surface area contributed by atoms with Gasteiger partial charge in [0.15, 0.2) is 5.96 Å². The maximum Gasteiger partial charge on any atom is 0.191 e. The second kappa shape index (κ2) is 10.8. The fraction of sp³-hybridized carbons (Fsp3) is 0.556. The van der Waals surface area contributed by atoms with Gasteiger partial charge in [-0.25, -0.2) is 0 Å². The second-order valence-electron chi connectivity index (χ2n) is 5.70. The van der Waals surface area contributed by atoms with Gasteiger partial charge < -0.3 is 10.6 Å². The van der Waals surface area contributed by atoms with Gasteiger partial charge >= 0.3 is 0 Å². The number of rotatable bonds is 7. The van der Waals surface area contributed by atoms with Gasteiger partial charge in [-0.2, -0.15) is 5.10 Å². The zero-order chi connectivity index (χ0) is 17.5. The average molecular weight is 475 g/mol. The van der Waals surface area contributed by atoms with Crippen LogP contribution in [0.5, 0.6) is 0 Å². The highest BCUT2D eigenvalue weighted by molar-refractivity contribution is 14.0. The van der Waals surface area contributed by atoms with E-state index in [4.69, 9.17) is 0 Å². The highest BCUT2D eigenvalue weighted by Crippen LogP contribution is 2.17. The monoisotopic (exact) mass is 475 g/mol. The Morgan fingerprint density at radius 3 is 2.32 bits per heavy atom. The van der Waals surface area contributed by atoms with Crippen LogP contribution in [0.25, 0.3) is 0 Å². The quantitative estimate of drug-likeness (QED) is 0.365. The Labute approximate surface area is 172 Å². The van der Waals surface area contributed by atoms with Crippen LogP contribution >= 0.6 is 35.3 Å². The van der Waals surface area contributed by atoms with E-state index in [1.54, 1.807) is 0 Å². The molecule has 0 radical (unpaired) electrons. The Morgan fingerprint density at radius 1 is 1.08 bits per heavy atom. The first-order chi connectivity index (χ1) is 11.6. The van der Waals surface area contributed by atoms with Gasteiger partial charge in [0.1, 0.15) is 0 Å². The van der Waals surface area contributed by atoms with Gasteiger partial charge in [0.25, 0.3) is 0 Å². The molecule has 0 aromatic carbocycles. The number of aromatic nitrogens is 2. The lowest BCUT2D eigenvalue weighted by molar-refractivity contribution is 0.702. The molecule has 2 rings (SSSR count). The summed E-state index contributed by atoms with van der Waals surface area (Å²) in [5.41, 5.74) is 3.76. The number of nitrogens with one attached hydrogen (secondary N) is 2. The highest BCUT2D eigenvalue weighted by atomic mass is 127. The molecule has 7 heteroatoms. The summed E-state index contributed by atoms with van der Waals surface area (Å²) in [5.74, 6) is 0.828. The summed E-state index contributed by atoms with van der Waals surface area (Å²) in [4.78, 5) is 7.09. The summed E-state index contributed by atoms with van der Waals surface area (Å²) in [6.45, 7) is 8.08. The largest absolute Gasteiger partial charge is 0.352 e. The molecule has 0 fully saturated rings. The lowest BCUT2D eigenvalue weighted by atomic mass is 10.1. The van der Waals surface area contributed by atoms with Gasteiger partial charge in [-0.05, 0) is 31.4 Å². The van der Waals surface area contributed by atoms with Crippen molar-refractivity contribution < 1.29 is 0 Å². The van der Waals surface area contributed by atoms with Crippen LogP contribution in [0.4, 0.5) is 0 Å². The minimum Gasteiger partial charge on any atom is -0.352 e. The Kier molecular flexibility index (Phi) is 9.48. The summed E-state index contributed by atoms with van der Waals surface area (Å²) in [6.07, 6.45) is 3.03. The number of hydrogen-bond donors (Lipinski definition) is 2. The first kappa shape index (κ1) is 22.0. The van der Waals surface area contributed by atoms with E-state index in [1.165, 1.54) is 26.7 Å². The zero-order valence-electron chi connectivity index (χ0n) is 15.8. The first-order valence-corrected chi connectivity index (χ1v) is 9.50. The van der Waals surface area contributed by atoms with Crippen LogP contribution in [0.3, 0.4) is 0 Å². The third kappa shape index (κ3) is 5.70. The SMILES string of the molecule is CCc1ccc(CNC(=NC)NCc2c(CC)nn(C)c2CC)s1.I. The van der Waals surface area contributed by atoms with Gasteiger partial charge in [-0.1, -0.05) is 20.8 Å². The van der Waals surface area contributed by atoms with E-state index in [1.807, 2.05) is 30.1 Å². The van der Waals surface area contributed by atoms with E-state index in [9.17, 15) is 0 Å². The Bertz CT molecular complexity index is 690. The molecule has 0 atom stereocenters. The Morgan fingerprint density at radius 2 is 1.76 bits per heavy atom. The normalized spacial score (nSPS) is 11.3. The number of aryl methyl sites for hydroxylation is 3. The van der Waals surface area contributed by atoms with Gasteiger partial charge in [0.2, 0.25) is 0 Å². The smallest absolute Gasteiger partial charge is 0.191 e. The molecule has 2 heterocycles. The minimum atomic E-state index is 0. The number of guanidine groups is 1. The van der Waals surface area contributed by atoms with Crippen LogP contribution in [0, 0.1) is 0 Å². The summed E-state index contributed by atoms with van der Waals surface area (Å²) in [6, 6.07) is 4.39. The van der Waals surface area contributed by atoms with Crippen molar-refractivity contribution in [1.82, 2.24) is 20.4 Å². The number of hydrogen-bond acceptors (Lipinski definition) is 3. The molecule has 5 nitrogen and oxygen atoms in total. The lowest BCUT2D eigenvalue weighted by Gasteiger charge is -2.12. The molecule has 0 amide bonds. The standard InChI is InChI=1S/C18H29N5S.HI/c1-6-13-9-10-14(24-13)11-20-18(19-4)21-12-15-16(7-2)22-23(5)17(15)8-3;/h9-10H,6-8,11-12H2,1-5H3,(H2,19,20,21);1H. The highest BCUT2D eigenvalue weighted by Gasteiger charge is 2.13. The van der Waals surface area contributed by atoms with Crippen molar-refractivity contribution >= 4 is 41.3 Å². The van der Waals surface area contributed by atoms with E-state index in [0.717, 1.165) is 38.3 Å². The summed E-state index contributed by atoms with van der Waals surface area (Å²) in [7, 11) is 3.84. The molecular weight excluding hydrogens is 445 g/mol. The van der Waals surface area contributed by atoms with Gasteiger partial charge in [-0.15, -0.1) is 35.3 Å². The maximum absolute atomic E-state index is 4.63. The molecule has 0 spiro atoms. The molecule has 0 aliphatic heterocycles. The molecule has 0 aliphatic rings. The molecule has 0 saturated carbocycles. The van der Waals surface area contributed by atoms with E-state index in [2.05, 4.69) is 53.6 Å². The van der Waals surface area contributed by atoms with Gasteiger partial charge in [-0.3, -0.25) is 9.67 Å². The van der Waals surface area contributed by atoms with Crippen LogP contribution in [0.1, 0.15) is 47.5 Å². The van der Waals surface area contributed by atoms with Crippen molar-refractivity contribution in [3.05, 3.63) is 38.8 Å². The topological polar surface area (TPSA) is 54.2 Å². The third-order valence-corrected chi connectivity index (χ3v) is 5.41. The Hall–Kier alpha value is -1.09.